The lowest BCUT2D eigenvalue weighted by atomic mass is 9.76. The highest BCUT2D eigenvalue weighted by Gasteiger charge is 2.48. The molecule has 0 aliphatic carbocycles. The molecule has 0 aliphatic rings. The van der Waals surface area contributed by atoms with Crippen molar-refractivity contribution in [1.29, 1.82) is 0 Å². The van der Waals surface area contributed by atoms with Gasteiger partial charge < -0.3 is 19.3 Å². The second-order valence-corrected chi connectivity index (χ2v) is 9.82. The average Bonchev–Trinajstić information content (AvgIpc) is 2.86. The van der Waals surface area contributed by atoms with Crippen LogP contribution >= 0.6 is 0 Å². The average molecular weight is 508 g/mol. The van der Waals surface area contributed by atoms with Gasteiger partial charge in [-0.05, 0) is 61.1 Å². The van der Waals surface area contributed by atoms with E-state index < -0.39 is 28.2 Å². The van der Waals surface area contributed by atoms with E-state index in [-0.39, 0.29) is 17.9 Å². The summed E-state index contributed by atoms with van der Waals surface area (Å²) in [5.41, 5.74) is -0.235. The standard InChI is InChI=1S/C29H33NO7/c1-28(2,3)26(16-10-11-21-35-27(31)22-17-19-23(20-18-22)30(33)34)29(32,36-24-12-6-4-7-13-24)37-25-14-8-5-9-15-25/h4-9,12-15,17-20,26,32H,10-11,16,21H2,1-3H3. The molecule has 3 rings (SSSR count). The van der Waals surface area contributed by atoms with Crippen LogP contribution in [-0.4, -0.2) is 28.6 Å². The van der Waals surface area contributed by atoms with Gasteiger partial charge in [0.15, 0.2) is 0 Å². The number of aliphatic hydroxyl groups is 1. The van der Waals surface area contributed by atoms with Crippen molar-refractivity contribution in [1.82, 2.24) is 0 Å². The first kappa shape index (κ1) is 27.7. The number of hydrogen-bond donors (Lipinski definition) is 1. The molecule has 1 unspecified atom stereocenters. The lowest BCUT2D eigenvalue weighted by molar-refractivity contribution is -0.384. The van der Waals surface area contributed by atoms with Crippen LogP contribution in [0.1, 0.15) is 50.4 Å². The van der Waals surface area contributed by atoms with Crippen molar-refractivity contribution < 1.29 is 29.0 Å². The molecule has 0 saturated heterocycles. The van der Waals surface area contributed by atoms with Crippen LogP contribution in [0.2, 0.25) is 0 Å². The van der Waals surface area contributed by atoms with E-state index in [1.54, 1.807) is 24.3 Å². The number of benzene rings is 3. The predicted octanol–water partition coefficient (Wildman–Crippen LogP) is 6.39. The number of rotatable bonds is 12. The summed E-state index contributed by atoms with van der Waals surface area (Å²) in [6, 6.07) is 23.3. The number of nitro benzene ring substituents is 1. The van der Waals surface area contributed by atoms with Gasteiger partial charge in [0.25, 0.3) is 5.69 Å². The van der Waals surface area contributed by atoms with Gasteiger partial charge in [-0.25, -0.2) is 4.79 Å². The van der Waals surface area contributed by atoms with Gasteiger partial charge in [0, 0.05) is 12.1 Å². The second kappa shape index (κ2) is 12.4. The molecule has 37 heavy (non-hydrogen) atoms. The largest absolute Gasteiger partial charge is 0.462 e. The van der Waals surface area contributed by atoms with E-state index in [0.29, 0.717) is 30.8 Å². The molecule has 0 saturated carbocycles. The first-order valence-corrected chi connectivity index (χ1v) is 12.2. The van der Waals surface area contributed by atoms with Gasteiger partial charge in [0.1, 0.15) is 11.5 Å². The second-order valence-electron chi connectivity index (χ2n) is 9.82. The smallest absolute Gasteiger partial charge is 0.372 e. The topological polar surface area (TPSA) is 108 Å². The highest BCUT2D eigenvalue weighted by molar-refractivity contribution is 5.89. The number of carbonyl (C=O) groups excluding carboxylic acids is 1. The lowest BCUT2D eigenvalue weighted by Crippen LogP contribution is -2.53. The van der Waals surface area contributed by atoms with Gasteiger partial charge in [0.05, 0.1) is 23.0 Å². The molecule has 0 radical (unpaired) electrons. The van der Waals surface area contributed by atoms with E-state index >= 15 is 0 Å². The SMILES string of the molecule is CC(C)(C)C(CCCCOC(=O)c1ccc([N+](=O)[O-])cc1)C(O)(Oc1ccccc1)Oc1ccccc1. The van der Waals surface area contributed by atoms with Gasteiger partial charge >= 0.3 is 11.9 Å². The third kappa shape index (κ3) is 8.05. The van der Waals surface area contributed by atoms with Crippen molar-refractivity contribution in [2.45, 2.75) is 46.0 Å². The Morgan fingerprint density at radius 3 is 1.84 bits per heavy atom. The normalized spacial score (nSPS) is 12.4. The molecular formula is C29H33NO7. The van der Waals surface area contributed by atoms with Crippen LogP contribution in [-0.2, 0) is 4.74 Å². The molecule has 0 aliphatic heterocycles. The molecule has 0 fully saturated rings. The summed E-state index contributed by atoms with van der Waals surface area (Å²) in [5, 5.41) is 22.6. The number of non-ortho nitro benzene ring substituents is 1. The van der Waals surface area contributed by atoms with Crippen LogP contribution < -0.4 is 9.47 Å². The van der Waals surface area contributed by atoms with Crippen LogP contribution in [0, 0.1) is 21.4 Å². The molecule has 3 aromatic rings. The highest BCUT2D eigenvalue weighted by Crippen LogP contribution is 2.41. The summed E-state index contributed by atoms with van der Waals surface area (Å²) < 4.78 is 17.5. The summed E-state index contributed by atoms with van der Waals surface area (Å²) in [5.74, 6) is -1.97. The third-order valence-electron chi connectivity index (χ3n) is 5.93. The van der Waals surface area contributed by atoms with Crippen LogP contribution in [0.3, 0.4) is 0 Å². The Morgan fingerprint density at radius 1 is 0.865 bits per heavy atom. The monoisotopic (exact) mass is 507 g/mol. The Labute approximate surface area is 217 Å². The zero-order chi connectivity index (χ0) is 26.9. The van der Waals surface area contributed by atoms with Crippen LogP contribution in [0.4, 0.5) is 5.69 Å². The maximum Gasteiger partial charge on any atom is 0.372 e. The predicted molar refractivity (Wildman–Crippen MR) is 139 cm³/mol. The molecule has 196 valence electrons. The molecule has 0 spiro atoms. The van der Waals surface area contributed by atoms with E-state index in [1.807, 2.05) is 57.2 Å². The summed E-state index contributed by atoms with van der Waals surface area (Å²) in [7, 11) is 0. The number of hydrogen-bond acceptors (Lipinski definition) is 7. The molecule has 8 nitrogen and oxygen atoms in total. The molecule has 1 atom stereocenters. The minimum Gasteiger partial charge on any atom is -0.462 e. The summed E-state index contributed by atoms with van der Waals surface area (Å²) in [6.45, 7) is 6.21. The molecule has 1 N–H and O–H groups in total. The van der Waals surface area contributed by atoms with E-state index in [2.05, 4.69) is 0 Å². The number of carbonyl (C=O) groups is 1. The van der Waals surface area contributed by atoms with Crippen molar-refractivity contribution in [3.05, 3.63) is 101 Å². The summed E-state index contributed by atoms with van der Waals surface area (Å²) in [4.78, 5) is 22.5. The Hall–Kier alpha value is -3.91. The van der Waals surface area contributed by atoms with Crippen molar-refractivity contribution in [2.24, 2.45) is 11.3 Å². The number of ether oxygens (including phenoxy) is 3. The first-order valence-electron chi connectivity index (χ1n) is 12.2. The maximum atomic E-state index is 12.3. The van der Waals surface area contributed by atoms with Crippen molar-refractivity contribution in [3.8, 4) is 11.5 Å². The first-order chi connectivity index (χ1) is 17.6. The molecule has 0 heterocycles. The van der Waals surface area contributed by atoms with E-state index in [4.69, 9.17) is 14.2 Å². The number of nitro groups is 1. The molecule has 0 aromatic heterocycles. The van der Waals surface area contributed by atoms with Gasteiger partial charge in [-0.1, -0.05) is 57.2 Å². The molecule has 3 aromatic carbocycles. The Balaban J connectivity index is 1.65. The van der Waals surface area contributed by atoms with Crippen molar-refractivity contribution in [2.75, 3.05) is 6.61 Å². The van der Waals surface area contributed by atoms with E-state index in [1.165, 1.54) is 24.3 Å². The fraction of sp³-hybridized carbons (Fsp3) is 0.345. The quantitative estimate of drug-likeness (QED) is 0.0995. The van der Waals surface area contributed by atoms with Crippen molar-refractivity contribution >= 4 is 11.7 Å². The van der Waals surface area contributed by atoms with Crippen LogP contribution in [0.15, 0.2) is 84.9 Å². The molecule has 0 amide bonds. The number of nitrogens with zero attached hydrogens (tertiary/aromatic N) is 1. The lowest BCUT2D eigenvalue weighted by Gasteiger charge is -2.42. The van der Waals surface area contributed by atoms with E-state index in [9.17, 15) is 20.0 Å². The molecule has 8 heteroatoms. The summed E-state index contributed by atoms with van der Waals surface area (Å²) in [6.07, 6.45) is 1.72. The van der Waals surface area contributed by atoms with Gasteiger partial charge in [0.2, 0.25) is 0 Å². The zero-order valence-electron chi connectivity index (χ0n) is 21.3. The van der Waals surface area contributed by atoms with Gasteiger partial charge in [-0.15, -0.1) is 0 Å². The van der Waals surface area contributed by atoms with Crippen LogP contribution in [0.5, 0.6) is 11.5 Å². The molecule has 0 bridgehead atoms. The Kier molecular flexibility index (Phi) is 9.25. The third-order valence-corrected chi connectivity index (χ3v) is 5.93. The fourth-order valence-electron chi connectivity index (χ4n) is 4.06. The Bertz CT molecular complexity index is 1100. The number of esters is 1. The molecular weight excluding hydrogens is 474 g/mol. The maximum absolute atomic E-state index is 12.3. The van der Waals surface area contributed by atoms with Gasteiger partial charge in [-0.2, -0.15) is 0 Å². The zero-order valence-corrected chi connectivity index (χ0v) is 21.3. The minimum atomic E-state index is -1.95. The fourth-order valence-corrected chi connectivity index (χ4v) is 4.06. The van der Waals surface area contributed by atoms with E-state index in [0.717, 1.165) is 0 Å². The Morgan fingerprint density at radius 2 is 1.38 bits per heavy atom. The number of unbranched alkanes of at least 4 members (excludes halogenated alkanes) is 1. The minimum absolute atomic E-state index is 0.0901. The van der Waals surface area contributed by atoms with Gasteiger partial charge in [-0.3, -0.25) is 10.1 Å². The number of para-hydroxylation sites is 2. The van der Waals surface area contributed by atoms with Crippen molar-refractivity contribution in [3.63, 3.8) is 0 Å². The highest BCUT2D eigenvalue weighted by atomic mass is 16.8. The summed E-state index contributed by atoms with van der Waals surface area (Å²) >= 11 is 0. The van der Waals surface area contributed by atoms with Crippen LogP contribution in [0.25, 0.3) is 0 Å².